The summed E-state index contributed by atoms with van der Waals surface area (Å²) in [7, 11) is -1.42. The lowest BCUT2D eigenvalue weighted by Gasteiger charge is -2.19. The Morgan fingerprint density at radius 1 is 1.38 bits per heavy atom. The van der Waals surface area contributed by atoms with Crippen molar-refractivity contribution in [3.8, 4) is 5.75 Å². The zero-order valence-electron chi connectivity index (χ0n) is 7.03. The van der Waals surface area contributed by atoms with Gasteiger partial charge in [0.15, 0.2) is 0 Å². The normalized spacial score (nSPS) is 14.0. The number of ether oxygens (including phenoxy) is 1. The Morgan fingerprint density at radius 3 is 3.00 bits per heavy atom. The van der Waals surface area contributed by atoms with E-state index in [2.05, 4.69) is 5.32 Å². The van der Waals surface area contributed by atoms with Crippen LogP contribution >= 0.6 is 0 Å². The fraction of sp³-hybridized carbons (Fsp3) is 0.250. The van der Waals surface area contributed by atoms with Crippen LogP contribution in [0.1, 0.15) is 0 Å². The summed E-state index contributed by atoms with van der Waals surface area (Å²) < 4.78 is 5.33. The second kappa shape index (κ2) is 3.28. The molecule has 0 atom stereocenters. The van der Waals surface area contributed by atoms with Crippen LogP contribution in [0.3, 0.4) is 0 Å². The van der Waals surface area contributed by atoms with Gasteiger partial charge in [0.1, 0.15) is 12.4 Å². The van der Waals surface area contributed by atoms with Crippen molar-refractivity contribution in [2.75, 3.05) is 18.5 Å². The van der Waals surface area contributed by atoms with Gasteiger partial charge in [-0.3, -0.25) is 0 Å². The quantitative estimate of drug-likeness (QED) is 0.492. The fourth-order valence-corrected chi connectivity index (χ4v) is 1.32. The van der Waals surface area contributed by atoms with E-state index in [1.165, 1.54) is 0 Å². The van der Waals surface area contributed by atoms with Crippen molar-refractivity contribution in [3.63, 3.8) is 0 Å². The van der Waals surface area contributed by atoms with E-state index in [0.717, 1.165) is 18.0 Å². The van der Waals surface area contributed by atoms with Gasteiger partial charge >= 0.3 is 7.12 Å². The van der Waals surface area contributed by atoms with Crippen LogP contribution in [0, 0.1) is 0 Å². The maximum atomic E-state index is 8.91. The third kappa shape index (κ3) is 1.61. The molecular formula is C8H10BNO3. The highest BCUT2D eigenvalue weighted by Crippen LogP contribution is 2.24. The molecule has 4 nitrogen and oxygen atoms in total. The number of hydrogen-bond acceptors (Lipinski definition) is 4. The second-order valence-electron chi connectivity index (χ2n) is 2.90. The SMILES string of the molecule is OB(O)c1ccc2c(c1)NCCO2. The number of hydrogen-bond donors (Lipinski definition) is 3. The number of fused-ring (bicyclic) bond motifs is 1. The third-order valence-electron chi connectivity index (χ3n) is 1.98. The Morgan fingerprint density at radius 2 is 2.23 bits per heavy atom. The molecule has 1 heterocycles. The Labute approximate surface area is 76.3 Å². The Bertz CT molecular complexity index is 316. The molecule has 2 rings (SSSR count). The maximum Gasteiger partial charge on any atom is 0.488 e. The molecule has 0 fully saturated rings. The molecule has 0 bridgehead atoms. The summed E-state index contributed by atoms with van der Waals surface area (Å²) >= 11 is 0. The van der Waals surface area contributed by atoms with E-state index >= 15 is 0 Å². The van der Waals surface area contributed by atoms with E-state index in [4.69, 9.17) is 14.8 Å². The molecule has 0 aliphatic carbocycles. The van der Waals surface area contributed by atoms with Crippen LogP contribution < -0.4 is 15.5 Å². The molecule has 1 aromatic rings. The van der Waals surface area contributed by atoms with E-state index in [9.17, 15) is 0 Å². The predicted molar refractivity (Wildman–Crippen MR) is 50.3 cm³/mol. The minimum atomic E-state index is -1.42. The summed E-state index contributed by atoms with van der Waals surface area (Å²) in [6.07, 6.45) is 0. The van der Waals surface area contributed by atoms with Gasteiger partial charge in [0.25, 0.3) is 0 Å². The van der Waals surface area contributed by atoms with Crippen molar-refractivity contribution in [3.05, 3.63) is 18.2 Å². The smallest absolute Gasteiger partial charge is 0.488 e. The van der Waals surface area contributed by atoms with Crippen molar-refractivity contribution >= 4 is 18.3 Å². The summed E-state index contributed by atoms with van der Waals surface area (Å²) in [5, 5.41) is 20.9. The standard InChI is InChI=1S/C8H10BNO3/c11-9(12)6-1-2-8-7(5-6)10-3-4-13-8/h1-2,5,10-12H,3-4H2. The van der Waals surface area contributed by atoms with Crippen molar-refractivity contribution in [1.29, 1.82) is 0 Å². The number of nitrogens with one attached hydrogen (secondary N) is 1. The van der Waals surface area contributed by atoms with Gasteiger partial charge in [0.05, 0.1) is 5.69 Å². The lowest BCUT2D eigenvalue weighted by Crippen LogP contribution is -2.31. The van der Waals surface area contributed by atoms with Crippen LogP contribution in [-0.4, -0.2) is 30.3 Å². The summed E-state index contributed by atoms with van der Waals surface area (Å²) in [5.74, 6) is 0.760. The van der Waals surface area contributed by atoms with Gasteiger partial charge in [-0.05, 0) is 17.6 Å². The van der Waals surface area contributed by atoms with Crippen LogP contribution in [0.2, 0.25) is 0 Å². The molecule has 5 heteroatoms. The highest BCUT2D eigenvalue weighted by Gasteiger charge is 2.15. The lowest BCUT2D eigenvalue weighted by atomic mass is 9.80. The minimum absolute atomic E-state index is 0.469. The third-order valence-corrected chi connectivity index (χ3v) is 1.98. The lowest BCUT2D eigenvalue weighted by molar-refractivity contribution is 0.323. The summed E-state index contributed by atoms with van der Waals surface area (Å²) in [6.45, 7) is 1.39. The van der Waals surface area contributed by atoms with E-state index in [1.807, 2.05) is 0 Å². The molecular weight excluding hydrogens is 169 g/mol. The van der Waals surface area contributed by atoms with Gasteiger partial charge in [0, 0.05) is 6.54 Å². The van der Waals surface area contributed by atoms with E-state index in [1.54, 1.807) is 18.2 Å². The van der Waals surface area contributed by atoms with Gasteiger partial charge in [-0.15, -0.1) is 0 Å². The fourth-order valence-electron chi connectivity index (χ4n) is 1.32. The molecule has 1 aromatic carbocycles. The molecule has 68 valence electrons. The Hall–Kier alpha value is -1.20. The summed E-state index contributed by atoms with van der Waals surface area (Å²) in [5.41, 5.74) is 1.29. The molecule has 1 aliphatic heterocycles. The van der Waals surface area contributed by atoms with Gasteiger partial charge in [-0.2, -0.15) is 0 Å². The topological polar surface area (TPSA) is 61.7 Å². The van der Waals surface area contributed by atoms with E-state index in [-0.39, 0.29) is 0 Å². The van der Waals surface area contributed by atoms with Gasteiger partial charge < -0.3 is 20.1 Å². The van der Waals surface area contributed by atoms with Crippen molar-refractivity contribution in [2.24, 2.45) is 0 Å². The van der Waals surface area contributed by atoms with Crippen LogP contribution in [-0.2, 0) is 0 Å². The average Bonchev–Trinajstić information content (AvgIpc) is 2.17. The summed E-state index contributed by atoms with van der Waals surface area (Å²) in [4.78, 5) is 0. The zero-order chi connectivity index (χ0) is 9.26. The molecule has 3 N–H and O–H groups in total. The number of rotatable bonds is 1. The Kier molecular flexibility index (Phi) is 2.12. The first-order valence-electron chi connectivity index (χ1n) is 4.14. The van der Waals surface area contributed by atoms with Gasteiger partial charge in [-0.25, -0.2) is 0 Å². The van der Waals surface area contributed by atoms with Gasteiger partial charge in [-0.1, -0.05) is 6.07 Å². The zero-order valence-corrected chi connectivity index (χ0v) is 7.03. The number of anilines is 1. The first kappa shape index (κ1) is 8.41. The monoisotopic (exact) mass is 179 g/mol. The first-order valence-corrected chi connectivity index (χ1v) is 4.14. The average molecular weight is 179 g/mol. The Balaban J connectivity index is 2.35. The molecule has 0 saturated carbocycles. The van der Waals surface area contributed by atoms with E-state index < -0.39 is 7.12 Å². The molecule has 0 saturated heterocycles. The van der Waals surface area contributed by atoms with Crippen molar-refractivity contribution in [1.82, 2.24) is 0 Å². The molecule has 0 amide bonds. The van der Waals surface area contributed by atoms with Crippen LogP contribution in [0.25, 0.3) is 0 Å². The highest BCUT2D eigenvalue weighted by atomic mass is 16.5. The highest BCUT2D eigenvalue weighted by molar-refractivity contribution is 6.58. The van der Waals surface area contributed by atoms with Crippen LogP contribution in [0.4, 0.5) is 5.69 Å². The van der Waals surface area contributed by atoms with Crippen molar-refractivity contribution < 1.29 is 14.8 Å². The minimum Gasteiger partial charge on any atom is -0.490 e. The van der Waals surface area contributed by atoms with Crippen molar-refractivity contribution in [2.45, 2.75) is 0 Å². The number of benzene rings is 1. The summed E-state index contributed by atoms with van der Waals surface area (Å²) in [6, 6.07) is 5.05. The predicted octanol–water partition coefficient (Wildman–Crippen LogP) is -0.829. The molecule has 0 unspecified atom stereocenters. The first-order chi connectivity index (χ1) is 6.27. The molecule has 0 aromatic heterocycles. The maximum absolute atomic E-state index is 8.91. The molecule has 13 heavy (non-hydrogen) atoms. The van der Waals surface area contributed by atoms with Crippen LogP contribution in [0.15, 0.2) is 18.2 Å². The molecule has 0 spiro atoms. The van der Waals surface area contributed by atoms with E-state index in [0.29, 0.717) is 12.1 Å². The largest absolute Gasteiger partial charge is 0.490 e. The molecule has 1 aliphatic rings. The molecule has 0 radical (unpaired) electrons. The van der Waals surface area contributed by atoms with Crippen LogP contribution in [0.5, 0.6) is 5.75 Å². The van der Waals surface area contributed by atoms with Gasteiger partial charge in [0.2, 0.25) is 0 Å². The second-order valence-corrected chi connectivity index (χ2v) is 2.90.